The van der Waals surface area contributed by atoms with Gasteiger partial charge in [-0.25, -0.2) is 9.37 Å². The molecule has 40 heavy (non-hydrogen) atoms. The van der Waals surface area contributed by atoms with Gasteiger partial charge in [0.1, 0.15) is 11.6 Å². The molecule has 3 heterocycles. The zero-order chi connectivity index (χ0) is 27.9. The fraction of sp³-hybridized carbons (Fsp3) is 0.406. The van der Waals surface area contributed by atoms with E-state index in [0.29, 0.717) is 17.7 Å². The number of hydrogen-bond donors (Lipinski definition) is 3. The zero-order valence-electron chi connectivity index (χ0n) is 22.7. The maximum atomic E-state index is 14.5. The number of likely N-dealkylation sites (tertiary alicyclic amines) is 1. The minimum absolute atomic E-state index is 0.0830. The number of piperidine rings is 1. The Morgan fingerprint density at radius 2 is 1.95 bits per heavy atom. The summed E-state index contributed by atoms with van der Waals surface area (Å²) in [7, 11) is 0. The second-order valence-corrected chi connectivity index (χ2v) is 10.9. The van der Waals surface area contributed by atoms with Gasteiger partial charge in [0.15, 0.2) is 0 Å². The Kier molecular flexibility index (Phi) is 9.06. The maximum Gasteiger partial charge on any atom is 0.312 e. The summed E-state index contributed by atoms with van der Waals surface area (Å²) in [5.41, 5.74) is 4.13. The Bertz CT molecular complexity index is 1330. The number of carboxylic acid groups (broad SMARTS) is 1. The molecule has 1 fully saturated rings. The summed E-state index contributed by atoms with van der Waals surface area (Å²) in [5.74, 6) is -1.95. The highest BCUT2D eigenvalue weighted by Gasteiger charge is 2.28. The lowest BCUT2D eigenvalue weighted by Crippen LogP contribution is -2.44. The van der Waals surface area contributed by atoms with Crippen molar-refractivity contribution in [2.75, 3.05) is 38.0 Å². The van der Waals surface area contributed by atoms with Crippen molar-refractivity contribution in [2.45, 2.75) is 44.4 Å². The van der Waals surface area contributed by atoms with E-state index in [1.165, 1.54) is 17.7 Å². The summed E-state index contributed by atoms with van der Waals surface area (Å²) in [5, 5.41) is 16.2. The number of fused-ring (bicyclic) bond motifs is 1. The molecule has 0 bridgehead atoms. The van der Waals surface area contributed by atoms with Gasteiger partial charge in [0.2, 0.25) is 5.91 Å². The van der Waals surface area contributed by atoms with E-state index in [2.05, 4.69) is 27.7 Å². The van der Waals surface area contributed by atoms with E-state index in [1.54, 1.807) is 6.07 Å². The van der Waals surface area contributed by atoms with Crippen molar-refractivity contribution in [3.05, 3.63) is 83.3 Å². The van der Waals surface area contributed by atoms with Gasteiger partial charge >= 0.3 is 5.97 Å². The normalized spacial score (nSPS) is 17.9. The standard InChI is InChI=1S/C32H37FN4O3/c33-27-18-25(22-7-2-1-3-8-22)17-26(19-27)29(32(39)40)20-35-31(38)24-10-5-15-37(21-24)16-6-11-28-13-12-23-9-4-14-34-30(23)36-28/h1-3,7-8,12-13,17-19,24,29H,4-6,9-11,14-16,20-21H2,(H,34,36)(H,35,38)(H,39,40)/t24-,29+/m1/s1. The average molecular weight is 545 g/mol. The molecule has 210 valence electrons. The SMILES string of the molecule is O=C(NC[C@H](C(=O)O)c1cc(F)cc(-c2ccccc2)c1)[C@@H]1CCCN(CCCc2ccc3c(n2)NCCC3)C1. The molecule has 2 aliphatic heterocycles. The van der Waals surface area contributed by atoms with Gasteiger partial charge < -0.3 is 20.6 Å². The molecule has 2 aliphatic rings. The van der Waals surface area contributed by atoms with Crippen LogP contribution in [0.2, 0.25) is 0 Å². The van der Waals surface area contributed by atoms with E-state index in [9.17, 15) is 19.1 Å². The first kappa shape index (κ1) is 27.8. The molecule has 0 aliphatic carbocycles. The number of pyridine rings is 1. The Morgan fingerprint density at radius 3 is 2.77 bits per heavy atom. The Hall–Kier alpha value is -3.78. The first-order chi connectivity index (χ1) is 19.5. The minimum Gasteiger partial charge on any atom is -0.481 e. The van der Waals surface area contributed by atoms with E-state index in [-0.39, 0.29) is 18.4 Å². The van der Waals surface area contributed by atoms with Crippen molar-refractivity contribution in [1.82, 2.24) is 15.2 Å². The molecule has 5 rings (SSSR count). The zero-order valence-corrected chi connectivity index (χ0v) is 22.7. The van der Waals surface area contributed by atoms with E-state index >= 15 is 0 Å². The van der Waals surface area contributed by atoms with E-state index in [0.717, 1.165) is 75.2 Å². The van der Waals surface area contributed by atoms with Gasteiger partial charge in [-0.05, 0) is 92.1 Å². The number of carbonyl (C=O) groups is 2. The van der Waals surface area contributed by atoms with Gasteiger partial charge in [0.05, 0.1) is 11.8 Å². The molecule has 0 unspecified atom stereocenters. The van der Waals surface area contributed by atoms with Crippen LogP contribution < -0.4 is 10.6 Å². The van der Waals surface area contributed by atoms with Crippen molar-refractivity contribution in [3.63, 3.8) is 0 Å². The second-order valence-electron chi connectivity index (χ2n) is 10.9. The monoisotopic (exact) mass is 544 g/mol. The molecule has 1 amide bonds. The number of rotatable bonds is 10. The number of carboxylic acids is 1. The number of aromatic nitrogens is 1. The molecule has 0 radical (unpaired) electrons. The molecular formula is C32H37FN4O3. The number of nitrogens with one attached hydrogen (secondary N) is 2. The minimum atomic E-state index is -1.10. The summed E-state index contributed by atoms with van der Waals surface area (Å²) >= 11 is 0. The third-order valence-electron chi connectivity index (χ3n) is 7.94. The van der Waals surface area contributed by atoms with Crippen LogP contribution in [-0.2, 0) is 22.4 Å². The third-order valence-corrected chi connectivity index (χ3v) is 7.94. The number of nitrogens with zero attached hydrogens (tertiary/aromatic N) is 2. The second kappa shape index (κ2) is 13.0. The fourth-order valence-corrected chi connectivity index (χ4v) is 5.77. The number of anilines is 1. The maximum absolute atomic E-state index is 14.5. The number of aliphatic carboxylic acids is 1. The first-order valence-electron chi connectivity index (χ1n) is 14.3. The van der Waals surface area contributed by atoms with Crippen molar-refractivity contribution in [1.29, 1.82) is 0 Å². The Labute approximate surface area is 234 Å². The molecule has 3 aromatic rings. The molecule has 8 heteroatoms. The van der Waals surface area contributed by atoms with Crippen LogP contribution in [0.1, 0.15) is 48.4 Å². The number of hydrogen-bond acceptors (Lipinski definition) is 5. The fourth-order valence-electron chi connectivity index (χ4n) is 5.77. The van der Waals surface area contributed by atoms with E-state index in [4.69, 9.17) is 4.98 Å². The van der Waals surface area contributed by atoms with Crippen LogP contribution in [0.4, 0.5) is 10.2 Å². The number of benzene rings is 2. The van der Waals surface area contributed by atoms with Gasteiger partial charge in [-0.3, -0.25) is 9.59 Å². The number of halogens is 1. The first-order valence-corrected chi connectivity index (χ1v) is 14.3. The molecule has 2 atom stereocenters. The van der Waals surface area contributed by atoms with Crippen molar-refractivity contribution in [2.24, 2.45) is 5.92 Å². The lowest BCUT2D eigenvalue weighted by Gasteiger charge is -2.32. The lowest BCUT2D eigenvalue weighted by molar-refractivity contribution is -0.138. The van der Waals surface area contributed by atoms with Crippen LogP contribution in [-0.4, -0.2) is 59.6 Å². The van der Waals surface area contributed by atoms with E-state index < -0.39 is 17.7 Å². The topological polar surface area (TPSA) is 94.6 Å². The average Bonchev–Trinajstić information content (AvgIpc) is 2.97. The van der Waals surface area contributed by atoms with Crippen LogP contribution in [0.15, 0.2) is 60.7 Å². The molecule has 7 nitrogen and oxygen atoms in total. The van der Waals surface area contributed by atoms with Gasteiger partial charge in [0.25, 0.3) is 0 Å². The molecule has 3 N–H and O–H groups in total. The predicted octanol–water partition coefficient (Wildman–Crippen LogP) is 4.88. The predicted molar refractivity (Wildman–Crippen MR) is 154 cm³/mol. The van der Waals surface area contributed by atoms with Crippen LogP contribution in [0.25, 0.3) is 11.1 Å². The van der Waals surface area contributed by atoms with Gasteiger partial charge in [-0.2, -0.15) is 0 Å². The van der Waals surface area contributed by atoms with Gasteiger partial charge in [-0.15, -0.1) is 0 Å². The molecular weight excluding hydrogens is 507 g/mol. The van der Waals surface area contributed by atoms with Crippen molar-refractivity contribution in [3.8, 4) is 11.1 Å². The van der Waals surface area contributed by atoms with Crippen LogP contribution in [0.5, 0.6) is 0 Å². The number of aryl methyl sites for hydroxylation is 2. The van der Waals surface area contributed by atoms with Crippen molar-refractivity contribution < 1.29 is 19.1 Å². The molecule has 0 spiro atoms. The lowest BCUT2D eigenvalue weighted by atomic mass is 9.93. The largest absolute Gasteiger partial charge is 0.481 e. The molecule has 2 aromatic carbocycles. The third kappa shape index (κ3) is 7.04. The van der Waals surface area contributed by atoms with Crippen LogP contribution >= 0.6 is 0 Å². The quantitative estimate of drug-likeness (QED) is 0.337. The summed E-state index contributed by atoms with van der Waals surface area (Å²) in [4.78, 5) is 32.3. The smallest absolute Gasteiger partial charge is 0.312 e. The summed E-state index contributed by atoms with van der Waals surface area (Å²) in [6.07, 6.45) is 5.78. The van der Waals surface area contributed by atoms with Crippen LogP contribution in [0, 0.1) is 11.7 Å². The molecule has 1 aromatic heterocycles. The van der Waals surface area contributed by atoms with Gasteiger partial charge in [-0.1, -0.05) is 42.5 Å². The highest BCUT2D eigenvalue weighted by atomic mass is 19.1. The Morgan fingerprint density at radius 1 is 1.10 bits per heavy atom. The summed E-state index contributed by atoms with van der Waals surface area (Å²) < 4.78 is 14.5. The van der Waals surface area contributed by atoms with Gasteiger partial charge in [0, 0.05) is 25.3 Å². The Balaban J connectivity index is 1.14. The van der Waals surface area contributed by atoms with E-state index in [1.807, 2.05) is 30.3 Å². The number of amides is 1. The summed E-state index contributed by atoms with van der Waals surface area (Å²) in [6.45, 7) is 3.39. The number of carbonyl (C=O) groups excluding carboxylic acids is 1. The van der Waals surface area contributed by atoms with Crippen LogP contribution in [0.3, 0.4) is 0 Å². The van der Waals surface area contributed by atoms with Crippen molar-refractivity contribution >= 4 is 17.7 Å². The highest BCUT2D eigenvalue weighted by molar-refractivity contribution is 5.82. The highest BCUT2D eigenvalue weighted by Crippen LogP contribution is 2.27. The summed E-state index contributed by atoms with van der Waals surface area (Å²) in [6, 6.07) is 17.9. The molecule has 0 saturated carbocycles. The molecule has 1 saturated heterocycles.